The third-order valence-electron chi connectivity index (χ3n) is 4.88. The lowest BCUT2D eigenvalue weighted by Gasteiger charge is -2.09. The Bertz CT molecular complexity index is 1070. The number of carbonyl (C=O) groups excluding carboxylic acids is 2. The number of benzene rings is 2. The first kappa shape index (κ1) is 20.5. The van der Waals surface area contributed by atoms with Crippen molar-refractivity contribution in [1.29, 1.82) is 0 Å². The molecule has 0 saturated carbocycles. The first-order chi connectivity index (χ1) is 13.9. The molecule has 1 amide bonds. The Labute approximate surface area is 167 Å². The van der Waals surface area contributed by atoms with Crippen molar-refractivity contribution < 1.29 is 23.8 Å². The van der Waals surface area contributed by atoms with E-state index in [1.54, 1.807) is 19.1 Å². The predicted octanol–water partition coefficient (Wildman–Crippen LogP) is 2.75. The van der Waals surface area contributed by atoms with Crippen molar-refractivity contribution in [2.45, 2.75) is 20.3 Å². The fraction of sp³-hybridized carbons (Fsp3) is 0.273. The van der Waals surface area contributed by atoms with Crippen LogP contribution in [-0.4, -0.2) is 41.7 Å². The van der Waals surface area contributed by atoms with Crippen LogP contribution >= 0.6 is 0 Å². The summed E-state index contributed by atoms with van der Waals surface area (Å²) in [7, 11) is 1.36. The van der Waals surface area contributed by atoms with E-state index in [1.165, 1.54) is 23.8 Å². The molecule has 2 aromatic carbocycles. The summed E-state index contributed by atoms with van der Waals surface area (Å²) in [6.07, 6.45) is -0.00863. The Morgan fingerprint density at radius 1 is 1.17 bits per heavy atom. The summed E-state index contributed by atoms with van der Waals surface area (Å²) < 4.78 is 20.9. The lowest BCUT2D eigenvalue weighted by molar-refractivity contribution is -0.120. The van der Waals surface area contributed by atoms with E-state index in [0.717, 1.165) is 5.56 Å². The number of nitrogens with zero attached hydrogens (tertiary/aromatic N) is 1. The molecule has 0 aliphatic rings. The van der Waals surface area contributed by atoms with Crippen LogP contribution in [-0.2, 0) is 11.2 Å². The number of amides is 1. The molecule has 3 rings (SSSR count). The summed E-state index contributed by atoms with van der Waals surface area (Å²) in [5, 5.41) is 12.1. The third-order valence-corrected chi connectivity index (χ3v) is 4.88. The maximum atomic E-state index is 14.4. The molecule has 1 heterocycles. The number of aliphatic hydroxyl groups excluding tert-OH is 1. The predicted molar refractivity (Wildman–Crippen MR) is 108 cm³/mol. The van der Waals surface area contributed by atoms with Gasteiger partial charge in [0.15, 0.2) is 11.6 Å². The molecule has 1 aromatic heterocycles. The Kier molecular flexibility index (Phi) is 5.98. The van der Waals surface area contributed by atoms with Crippen LogP contribution < -0.4 is 10.1 Å². The summed E-state index contributed by atoms with van der Waals surface area (Å²) in [5.41, 5.74) is 3.01. The minimum atomic E-state index is -0.591. The molecule has 0 atom stereocenters. The molecular formula is C22H23FN2O4. The van der Waals surface area contributed by atoms with Crippen molar-refractivity contribution in [3.63, 3.8) is 0 Å². The molecule has 0 saturated heterocycles. The molecule has 0 aliphatic heterocycles. The van der Waals surface area contributed by atoms with E-state index in [9.17, 15) is 14.0 Å². The van der Waals surface area contributed by atoms with Gasteiger partial charge in [0, 0.05) is 29.3 Å². The summed E-state index contributed by atoms with van der Waals surface area (Å²) in [6, 6.07) is 9.86. The van der Waals surface area contributed by atoms with Gasteiger partial charge in [-0.1, -0.05) is 17.7 Å². The molecule has 0 aliphatic carbocycles. The molecule has 6 nitrogen and oxygen atoms in total. The van der Waals surface area contributed by atoms with Gasteiger partial charge >= 0.3 is 0 Å². The average Bonchev–Trinajstić information content (AvgIpc) is 2.96. The highest BCUT2D eigenvalue weighted by Gasteiger charge is 2.23. The number of halogens is 1. The number of methoxy groups -OCH3 is 1. The lowest BCUT2D eigenvalue weighted by Crippen LogP contribution is -2.28. The standard InChI is InChI=1S/C22H23FN2O4/c1-13-4-6-15(7-5-13)22(28)25-14(2)16(11-21(27)24-8-9-26)17-10-20(29-3)18(23)12-19(17)25/h4-7,10,12,26H,8-9,11H2,1-3H3,(H,24,27). The number of hydrogen-bond acceptors (Lipinski definition) is 4. The topological polar surface area (TPSA) is 80.6 Å². The zero-order valence-corrected chi connectivity index (χ0v) is 16.6. The van der Waals surface area contributed by atoms with Crippen LogP contribution in [0.1, 0.15) is 27.2 Å². The lowest BCUT2D eigenvalue weighted by atomic mass is 10.1. The van der Waals surface area contributed by atoms with Gasteiger partial charge < -0.3 is 15.2 Å². The smallest absolute Gasteiger partial charge is 0.262 e. The Hall–Kier alpha value is -3.19. The molecule has 152 valence electrons. The van der Waals surface area contributed by atoms with Gasteiger partial charge in [0.2, 0.25) is 5.91 Å². The molecule has 0 radical (unpaired) electrons. The number of aliphatic hydroxyl groups is 1. The van der Waals surface area contributed by atoms with Gasteiger partial charge in [-0.3, -0.25) is 14.2 Å². The Morgan fingerprint density at radius 2 is 1.86 bits per heavy atom. The van der Waals surface area contributed by atoms with Gasteiger partial charge in [-0.15, -0.1) is 0 Å². The van der Waals surface area contributed by atoms with Gasteiger partial charge in [-0.05, 0) is 37.6 Å². The maximum absolute atomic E-state index is 14.4. The van der Waals surface area contributed by atoms with Gasteiger partial charge in [0.1, 0.15) is 0 Å². The summed E-state index contributed by atoms with van der Waals surface area (Å²) in [4.78, 5) is 25.5. The number of ether oxygens (including phenoxy) is 1. The summed E-state index contributed by atoms with van der Waals surface area (Å²) in [5.74, 6) is -1.16. The molecule has 29 heavy (non-hydrogen) atoms. The number of fused-ring (bicyclic) bond motifs is 1. The fourth-order valence-corrected chi connectivity index (χ4v) is 3.37. The molecule has 7 heteroatoms. The molecule has 0 spiro atoms. The Balaban J connectivity index is 2.17. The second-order valence-electron chi connectivity index (χ2n) is 6.82. The quantitative estimate of drug-likeness (QED) is 0.669. The summed E-state index contributed by atoms with van der Waals surface area (Å²) in [6.45, 7) is 3.62. The number of carbonyl (C=O) groups is 2. The monoisotopic (exact) mass is 398 g/mol. The van der Waals surface area contributed by atoms with Crippen molar-refractivity contribution >= 4 is 22.7 Å². The van der Waals surface area contributed by atoms with Gasteiger partial charge in [-0.2, -0.15) is 0 Å². The zero-order chi connectivity index (χ0) is 21.1. The Morgan fingerprint density at radius 3 is 2.48 bits per heavy atom. The molecule has 3 aromatic rings. The van der Waals surface area contributed by atoms with Crippen LogP contribution in [0.15, 0.2) is 36.4 Å². The number of aryl methyl sites for hydroxylation is 1. The highest BCUT2D eigenvalue weighted by atomic mass is 19.1. The fourth-order valence-electron chi connectivity index (χ4n) is 3.37. The van der Waals surface area contributed by atoms with Crippen molar-refractivity contribution in [3.05, 3.63) is 64.6 Å². The van der Waals surface area contributed by atoms with Crippen LogP contribution in [0, 0.1) is 19.7 Å². The maximum Gasteiger partial charge on any atom is 0.262 e. The van der Waals surface area contributed by atoms with E-state index in [1.807, 2.05) is 19.1 Å². The van der Waals surface area contributed by atoms with Crippen molar-refractivity contribution in [2.24, 2.45) is 0 Å². The minimum absolute atomic E-state index is 0.00863. The SMILES string of the molecule is COc1cc2c(CC(=O)NCCO)c(C)n(C(=O)c3ccc(C)cc3)c2cc1F. The van der Waals surface area contributed by atoms with Crippen LogP contribution in [0.4, 0.5) is 4.39 Å². The van der Waals surface area contributed by atoms with E-state index in [0.29, 0.717) is 27.7 Å². The minimum Gasteiger partial charge on any atom is -0.494 e. The number of rotatable bonds is 6. The molecule has 0 fully saturated rings. The van der Waals surface area contributed by atoms with Crippen molar-refractivity contribution in [2.75, 3.05) is 20.3 Å². The van der Waals surface area contributed by atoms with E-state index in [4.69, 9.17) is 9.84 Å². The van der Waals surface area contributed by atoms with E-state index >= 15 is 0 Å². The van der Waals surface area contributed by atoms with Gasteiger partial charge in [0.05, 0.1) is 25.7 Å². The molecule has 2 N–H and O–H groups in total. The second kappa shape index (κ2) is 8.45. The number of aromatic nitrogens is 1. The number of hydrogen-bond donors (Lipinski definition) is 2. The van der Waals surface area contributed by atoms with Crippen LogP contribution in [0.2, 0.25) is 0 Å². The van der Waals surface area contributed by atoms with Crippen LogP contribution in [0.25, 0.3) is 10.9 Å². The van der Waals surface area contributed by atoms with Crippen molar-refractivity contribution in [3.8, 4) is 5.75 Å². The van der Waals surface area contributed by atoms with Crippen LogP contribution in [0.5, 0.6) is 5.75 Å². The highest BCUT2D eigenvalue weighted by molar-refractivity contribution is 6.05. The normalized spacial score (nSPS) is 10.9. The van der Waals surface area contributed by atoms with Gasteiger partial charge in [0.25, 0.3) is 5.91 Å². The molecule has 0 unspecified atom stereocenters. The second-order valence-corrected chi connectivity index (χ2v) is 6.82. The van der Waals surface area contributed by atoms with Crippen molar-refractivity contribution in [1.82, 2.24) is 9.88 Å². The van der Waals surface area contributed by atoms with Gasteiger partial charge in [-0.25, -0.2) is 4.39 Å². The summed E-state index contributed by atoms with van der Waals surface area (Å²) >= 11 is 0. The van der Waals surface area contributed by atoms with E-state index < -0.39 is 5.82 Å². The highest BCUT2D eigenvalue weighted by Crippen LogP contribution is 2.32. The first-order valence-electron chi connectivity index (χ1n) is 9.23. The van der Waals surface area contributed by atoms with E-state index in [2.05, 4.69) is 5.32 Å². The zero-order valence-electron chi connectivity index (χ0n) is 16.6. The third kappa shape index (κ3) is 4.00. The number of nitrogens with one attached hydrogen (secondary N) is 1. The molecule has 0 bridgehead atoms. The average molecular weight is 398 g/mol. The van der Waals surface area contributed by atoms with Crippen LogP contribution in [0.3, 0.4) is 0 Å². The largest absolute Gasteiger partial charge is 0.494 e. The molecular weight excluding hydrogens is 375 g/mol. The first-order valence-corrected chi connectivity index (χ1v) is 9.23. The van der Waals surface area contributed by atoms with E-state index in [-0.39, 0.29) is 37.1 Å².